The molecule has 0 unspecified atom stereocenters. The Morgan fingerprint density at radius 2 is 2.50 bits per heavy atom. The van der Waals surface area contributed by atoms with Gasteiger partial charge in [-0.25, -0.2) is 4.98 Å². The van der Waals surface area contributed by atoms with E-state index in [-0.39, 0.29) is 0 Å². The highest BCUT2D eigenvalue weighted by atomic mass is 79.9. The van der Waals surface area contributed by atoms with E-state index in [2.05, 4.69) is 31.1 Å². The van der Waals surface area contributed by atoms with Crippen LogP contribution >= 0.6 is 27.7 Å². The number of aromatic nitrogens is 3. The van der Waals surface area contributed by atoms with E-state index in [1.807, 2.05) is 0 Å². The summed E-state index contributed by atoms with van der Waals surface area (Å²) in [5, 5.41) is 8.69. The van der Waals surface area contributed by atoms with Crippen LogP contribution in [0.15, 0.2) is 11.5 Å². The van der Waals surface area contributed by atoms with E-state index in [4.69, 9.17) is 0 Å². The van der Waals surface area contributed by atoms with Crippen LogP contribution in [0.3, 0.4) is 0 Å². The number of thioether (sulfide) groups is 1. The summed E-state index contributed by atoms with van der Waals surface area (Å²) in [6.07, 6.45) is 4.24. The van der Waals surface area contributed by atoms with Crippen molar-refractivity contribution in [2.24, 2.45) is 5.41 Å². The molecule has 66 valence electrons. The van der Waals surface area contributed by atoms with Crippen molar-refractivity contribution in [3.8, 4) is 0 Å². The van der Waals surface area contributed by atoms with Gasteiger partial charge in [-0.1, -0.05) is 27.7 Å². The fourth-order valence-electron chi connectivity index (χ4n) is 0.979. The van der Waals surface area contributed by atoms with Crippen molar-refractivity contribution in [2.75, 3.05) is 11.1 Å². The molecule has 1 N–H and O–H groups in total. The molecule has 1 heterocycles. The third-order valence-electron chi connectivity index (χ3n) is 2.15. The molecular weight excluding hydrogens is 238 g/mol. The number of rotatable bonds is 4. The van der Waals surface area contributed by atoms with Crippen LogP contribution in [-0.2, 0) is 0 Å². The van der Waals surface area contributed by atoms with E-state index in [0.29, 0.717) is 5.41 Å². The summed E-state index contributed by atoms with van der Waals surface area (Å²) in [4.78, 5) is 4.06. The zero-order chi connectivity index (χ0) is 8.44. The third kappa shape index (κ3) is 1.82. The first kappa shape index (κ1) is 8.56. The van der Waals surface area contributed by atoms with Crippen molar-refractivity contribution in [2.45, 2.75) is 18.0 Å². The van der Waals surface area contributed by atoms with Crippen LogP contribution in [0.2, 0.25) is 0 Å². The Labute approximate surface area is 83.9 Å². The van der Waals surface area contributed by atoms with Crippen LogP contribution in [0, 0.1) is 5.41 Å². The molecule has 0 aliphatic heterocycles. The molecule has 0 radical (unpaired) electrons. The van der Waals surface area contributed by atoms with E-state index in [9.17, 15) is 0 Å². The first-order valence-electron chi connectivity index (χ1n) is 3.89. The van der Waals surface area contributed by atoms with E-state index >= 15 is 0 Å². The predicted octanol–water partition coefficient (Wildman–Crippen LogP) is 2.07. The standard InChI is InChI=1S/C7H10BrN3S/c8-3-7(1-2-7)4-12-6-9-5-10-11-6/h5H,1-4H2,(H,9,10,11). The van der Waals surface area contributed by atoms with Gasteiger partial charge in [0, 0.05) is 11.1 Å². The maximum Gasteiger partial charge on any atom is 0.183 e. The lowest BCUT2D eigenvalue weighted by Crippen LogP contribution is -2.05. The second-order valence-electron chi connectivity index (χ2n) is 3.21. The molecule has 0 atom stereocenters. The number of halogens is 1. The summed E-state index contributed by atoms with van der Waals surface area (Å²) in [6, 6.07) is 0. The van der Waals surface area contributed by atoms with Crippen molar-refractivity contribution >= 4 is 27.7 Å². The number of hydrogen-bond donors (Lipinski definition) is 1. The molecule has 0 bridgehead atoms. The number of aromatic amines is 1. The van der Waals surface area contributed by atoms with E-state index in [1.54, 1.807) is 18.1 Å². The van der Waals surface area contributed by atoms with Gasteiger partial charge in [-0.05, 0) is 18.3 Å². The van der Waals surface area contributed by atoms with Crippen molar-refractivity contribution < 1.29 is 0 Å². The molecule has 1 aliphatic carbocycles. The van der Waals surface area contributed by atoms with Crippen LogP contribution in [0.4, 0.5) is 0 Å². The topological polar surface area (TPSA) is 41.6 Å². The number of H-pyrrole nitrogens is 1. The van der Waals surface area contributed by atoms with Gasteiger partial charge in [0.2, 0.25) is 0 Å². The van der Waals surface area contributed by atoms with Crippen molar-refractivity contribution in [3.05, 3.63) is 6.33 Å². The van der Waals surface area contributed by atoms with E-state index in [0.717, 1.165) is 16.2 Å². The lowest BCUT2D eigenvalue weighted by Gasteiger charge is -2.07. The Hall–Kier alpha value is -0.0300. The zero-order valence-electron chi connectivity index (χ0n) is 6.59. The number of nitrogens with zero attached hydrogens (tertiary/aromatic N) is 2. The van der Waals surface area contributed by atoms with Crippen LogP contribution < -0.4 is 0 Å². The van der Waals surface area contributed by atoms with Crippen LogP contribution in [0.5, 0.6) is 0 Å². The van der Waals surface area contributed by atoms with Gasteiger partial charge in [-0.3, -0.25) is 5.10 Å². The van der Waals surface area contributed by atoms with Gasteiger partial charge >= 0.3 is 0 Å². The zero-order valence-corrected chi connectivity index (χ0v) is 8.99. The van der Waals surface area contributed by atoms with Crippen molar-refractivity contribution in [3.63, 3.8) is 0 Å². The fourth-order valence-corrected chi connectivity index (χ4v) is 3.07. The molecule has 12 heavy (non-hydrogen) atoms. The summed E-state index contributed by atoms with van der Waals surface area (Å²) < 4.78 is 0. The highest BCUT2D eigenvalue weighted by molar-refractivity contribution is 9.09. The van der Waals surface area contributed by atoms with Gasteiger partial charge in [0.1, 0.15) is 6.33 Å². The first-order chi connectivity index (χ1) is 5.85. The minimum absolute atomic E-state index is 0.553. The normalized spacial score (nSPS) is 19.4. The van der Waals surface area contributed by atoms with Gasteiger partial charge in [0.15, 0.2) is 5.16 Å². The average molecular weight is 248 g/mol. The van der Waals surface area contributed by atoms with Gasteiger partial charge in [-0.2, -0.15) is 5.10 Å². The van der Waals surface area contributed by atoms with Gasteiger partial charge in [-0.15, -0.1) is 0 Å². The molecular formula is C7H10BrN3S. The molecule has 1 aromatic rings. The molecule has 0 saturated heterocycles. The second kappa shape index (κ2) is 3.38. The Morgan fingerprint density at radius 1 is 1.67 bits per heavy atom. The molecule has 0 amide bonds. The Bertz CT molecular complexity index is 245. The van der Waals surface area contributed by atoms with Crippen molar-refractivity contribution in [1.82, 2.24) is 15.2 Å². The average Bonchev–Trinajstić information content (AvgIpc) is 2.70. The molecule has 1 fully saturated rings. The smallest absolute Gasteiger partial charge is 0.183 e. The lowest BCUT2D eigenvalue weighted by atomic mass is 10.2. The summed E-state index contributed by atoms with van der Waals surface area (Å²) in [6.45, 7) is 0. The number of alkyl halides is 1. The minimum Gasteiger partial charge on any atom is -0.254 e. The molecule has 0 spiro atoms. The van der Waals surface area contributed by atoms with Gasteiger partial charge in [0.05, 0.1) is 0 Å². The highest BCUT2D eigenvalue weighted by Crippen LogP contribution is 2.49. The molecule has 5 heteroatoms. The molecule has 1 saturated carbocycles. The summed E-state index contributed by atoms with van der Waals surface area (Å²) in [7, 11) is 0. The van der Waals surface area contributed by atoms with Crippen LogP contribution in [0.1, 0.15) is 12.8 Å². The molecule has 3 nitrogen and oxygen atoms in total. The summed E-state index contributed by atoms with van der Waals surface area (Å²) in [5.74, 6) is 1.15. The molecule has 2 rings (SSSR count). The third-order valence-corrected chi connectivity index (χ3v) is 4.56. The second-order valence-corrected chi connectivity index (χ2v) is 4.74. The van der Waals surface area contributed by atoms with Crippen LogP contribution in [-0.4, -0.2) is 26.3 Å². The van der Waals surface area contributed by atoms with Gasteiger partial charge < -0.3 is 0 Å². The molecule has 1 aliphatic rings. The Kier molecular flexibility index (Phi) is 2.41. The van der Waals surface area contributed by atoms with Gasteiger partial charge in [0.25, 0.3) is 0 Å². The number of hydrogen-bond acceptors (Lipinski definition) is 3. The SMILES string of the molecule is BrCC1(CSc2ncn[nH]2)CC1. The monoisotopic (exact) mass is 247 g/mol. The van der Waals surface area contributed by atoms with E-state index in [1.165, 1.54) is 12.8 Å². The predicted molar refractivity (Wildman–Crippen MR) is 52.6 cm³/mol. The first-order valence-corrected chi connectivity index (χ1v) is 5.99. The minimum atomic E-state index is 0.553. The maximum absolute atomic E-state index is 4.06. The molecule has 1 aromatic heterocycles. The van der Waals surface area contributed by atoms with Crippen LogP contribution in [0.25, 0.3) is 0 Å². The summed E-state index contributed by atoms with van der Waals surface area (Å²) in [5.41, 5.74) is 0.553. The van der Waals surface area contributed by atoms with E-state index < -0.39 is 0 Å². The largest absolute Gasteiger partial charge is 0.254 e. The fraction of sp³-hybridized carbons (Fsp3) is 0.714. The Morgan fingerprint density at radius 3 is 3.00 bits per heavy atom. The lowest BCUT2D eigenvalue weighted by molar-refractivity contribution is 0.685. The highest BCUT2D eigenvalue weighted by Gasteiger charge is 2.41. The Balaban J connectivity index is 1.83. The molecule has 0 aromatic carbocycles. The van der Waals surface area contributed by atoms with Crippen molar-refractivity contribution in [1.29, 1.82) is 0 Å². The number of nitrogens with one attached hydrogen (secondary N) is 1. The summed E-state index contributed by atoms with van der Waals surface area (Å²) >= 11 is 5.30. The maximum atomic E-state index is 4.06. The quantitative estimate of drug-likeness (QED) is 0.655.